The van der Waals surface area contributed by atoms with Gasteiger partial charge in [0.05, 0.1) is 0 Å². The Kier molecular flexibility index (Phi) is 7.29. The molecular formula is C16H23NO3S. The van der Waals surface area contributed by atoms with E-state index < -0.39 is 5.97 Å². The quantitative estimate of drug-likeness (QED) is 0.801. The smallest absolute Gasteiger partial charge is 0.323 e. The number of thioether (sulfide) groups is 1. The van der Waals surface area contributed by atoms with Crippen molar-refractivity contribution in [2.45, 2.75) is 39.0 Å². The summed E-state index contributed by atoms with van der Waals surface area (Å²) < 4.78 is 0. The molecule has 1 N–H and O–H groups in total. The van der Waals surface area contributed by atoms with E-state index in [4.69, 9.17) is 5.11 Å². The first-order valence-electron chi connectivity index (χ1n) is 7.19. The summed E-state index contributed by atoms with van der Waals surface area (Å²) in [6, 6.07) is 7.34. The van der Waals surface area contributed by atoms with E-state index in [9.17, 15) is 9.59 Å². The number of carbonyl (C=O) groups is 2. The third-order valence-electron chi connectivity index (χ3n) is 3.36. The minimum absolute atomic E-state index is 0.0936. The van der Waals surface area contributed by atoms with Crippen LogP contribution in [0.15, 0.2) is 24.3 Å². The minimum Gasteiger partial charge on any atom is -0.480 e. The summed E-state index contributed by atoms with van der Waals surface area (Å²) >= 11 is 1.83. The Balaban J connectivity index is 2.85. The van der Waals surface area contributed by atoms with Gasteiger partial charge in [-0.3, -0.25) is 9.59 Å². The van der Waals surface area contributed by atoms with Crippen LogP contribution in [0.5, 0.6) is 0 Å². The lowest BCUT2D eigenvalue weighted by molar-refractivity contribution is -0.138. The maximum absolute atomic E-state index is 12.5. The number of benzene rings is 1. The maximum atomic E-state index is 12.5. The average molecular weight is 309 g/mol. The number of carbonyl (C=O) groups excluding carboxylic acids is 1. The van der Waals surface area contributed by atoms with Crippen LogP contribution < -0.4 is 0 Å². The summed E-state index contributed by atoms with van der Waals surface area (Å²) in [5.41, 5.74) is 1.72. The Hall–Kier alpha value is -1.49. The zero-order chi connectivity index (χ0) is 15.8. The highest BCUT2D eigenvalue weighted by atomic mass is 32.2. The standard InChI is InChI=1S/C16H23NO3S/c1-4-12(3)17(10-15(18)19)16(20)14-8-6-13(7-9-14)11-21-5-2/h6-9,12H,4-5,10-11H2,1-3H3,(H,18,19). The number of aliphatic carboxylic acids is 1. The van der Waals surface area contributed by atoms with E-state index in [0.29, 0.717) is 5.56 Å². The molecule has 4 nitrogen and oxygen atoms in total. The van der Waals surface area contributed by atoms with E-state index in [1.165, 1.54) is 10.5 Å². The van der Waals surface area contributed by atoms with Crippen molar-refractivity contribution < 1.29 is 14.7 Å². The number of hydrogen-bond acceptors (Lipinski definition) is 3. The zero-order valence-electron chi connectivity index (χ0n) is 12.8. The molecule has 0 heterocycles. The second kappa shape index (κ2) is 8.72. The van der Waals surface area contributed by atoms with Crippen molar-refractivity contribution in [3.63, 3.8) is 0 Å². The monoisotopic (exact) mass is 309 g/mol. The number of hydrogen-bond donors (Lipinski definition) is 1. The second-order valence-electron chi connectivity index (χ2n) is 4.92. The molecule has 0 aliphatic carbocycles. The van der Waals surface area contributed by atoms with Gasteiger partial charge in [0.1, 0.15) is 6.54 Å². The highest BCUT2D eigenvalue weighted by Crippen LogP contribution is 2.15. The van der Waals surface area contributed by atoms with Gasteiger partial charge in [-0.05, 0) is 36.8 Å². The summed E-state index contributed by atoms with van der Waals surface area (Å²) in [5, 5.41) is 8.97. The van der Waals surface area contributed by atoms with Gasteiger partial charge in [-0.1, -0.05) is 26.0 Å². The van der Waals surface area contributed by atoms with Gasteiger partial charge in [0.2, 0.25) is 0 Å². The first-order valence-corrected chi connectivity index (χ1v) is 8.34. The van der Waals surface area contributed by atoms with Crippen LogP contribution in [0.2, 0.25) is 0 Å². The summed E-state index contributed by atoms with van der Waals surface area (Å²) in [7, 11) is 0. The molecule has 21 heavy (non-hydrogen) atoms. The summed E-state index contributed by atoms with van der Waals surface area (Å²) in [6.45, 7) is 5.66. The summed E-state index contributed by atoms with van der Waals surface area (Å²) in [4.78, 5) is 24.8. The van der Waals surface area contributed by atoms with Crippen LogP contribution in [-0.2, 0) is 10.5 Å². The van der Waals surface area contributed by atoms with Gasteiger partial charge in [0.15, 0.2) is 0 Å². The van der Waals surface area contributed by atoms with Gasteiger partial charge in [-0.25, -0.2) is 0 Å². The van der Waals surface area contributed by atoms with Crippen molar-refractivity contribution in [1.29, 1.82) is 0 Å². The Labute approximate surface area is 130 Å². The Morgan fingerprint density at radius 3 is 2.33 bits per heavy atom. The number of nitrogens with zero attached hydrogens (tertiary/aromatic N) is 1. The van der Waals surface area contributed by atoms with Crippen LogP contribution >= 0.6 is 11.8 Å². The van der Waals surface area contributed by atoms with E-state index in [1.807, 2.05) is 37.7 Å². The van der Waals surface area contributed by atoms with Crippen LogP contribution in [0.4, 0.5) is 0 Å². The van der Waals surface area contributed by atoms with Gasteiger partial charge in [-0.2, -0.15) is 11.8 Å². The lowest BCUT2D eigenvalue weighted by atomic mass is 10.1. The molecular weight excluding hydrogens is 286 g/mol. The maximum Gasteiger partial charge on any atom is 0.323 e. The number of amides is 1. The molecule has 1 aromatic carbocycles. The van der Waals surface area contributed by atoms with Gasteiger partial charge in [0, 0.05) is 17.4 Å². The molecule has 0 saturated heterocycles. The SMILES string of the molecule is CCSCc1ccc(C(=O)N(CC(=O)O)C(C)CC)cc1. The fourth-order valence-electron chi connectivity index (χ4n) is 1.92. The van der Waals surface area contributed by atoms with Crippen molar-refractivity contribution in [2.24, 2.45) is 0 Å². The van der Waals surface area contributed by atoms with E-state index in [2.05, 4.69) is 6.92 Å². The van der Waals surface area contributed by atoms with Crippen molar-refractivity contribution in [3.05, 3.63) is 35.4 Å². The van der Waals surface area contributed by atoms with Crippen LogP contribution in [-0.4, -0.2) is 40.2 Å². The highest BCUT2D eigenvalue weighted by molar-refractivity contribution is 7.98. The molecule has 0 saturated carbocycles. The fraction of sp³-hybridized carbons (Fsp3) is 0.500. The van der Waals surface area contributed by atoms with Gasteiger partial charge in [0.25, 0.3) is 5.91 Å². The summed E-state index contributed by atoms with van der Waals surface area (Å²) in [6.07, 6.45) is 0.726. The first kappa shape index (κ1) is 17.6. The van der Waals surface area contributed by atoms with E-state index in [1.54, 1.807) is 12.1 Å². The minimum atomic E-state index is -0.986. The molecule has 1 atom stereocenters. The molecule has 0 aliphatic rings. The molecule has 1 aromatic rings. The number of carboxylic acid groups (broad SMARTS) is 1. The van der Waals surface area contributed by atoms with Crippen LogP contribution in [0.25, 0.3) is 0 Å². The average Bonchev–Trinajstić information content (AvgIpc) is 2.49. The molecule has 0 aliphatic heterocycles. The van der Waals surface area contributed by atoms with Crippen molar-refractivity contribution >= 4 is 23.6 Å². The largest absolute Gasteiger partial charge is 0.480 e. The zero-order valence-corrected chi connectivity index (χ0v) is 13.7. The predicted octanol–water partition coefficient (Wildman–Crippen LogP) is 3.27. The molecule has 1 amide bonds. The molecule has 0 radical (unpaired) electrons. The van der Waals surface area contributed by atoms with Gasteiger partial charge < -0.3 is 10.0 Å². The molecule has 0 aromatic heterocycles. The van der Waals surface area contributed by atoms with Crippen LogP contribution in [0, 0.1) is 0 Å². The van der Waals surface area contributed by atoms with E-state index in [-0.39, 0.29) is 18.5 Å². The van der Waals surface area contributed by atoms with Crippen molar-refractivity contribution in [1.82, 2.24) is 4.90 Å². The van der Waals surface area contributed by atoms with Crippen molar-refractivity contribution in [3.8, 4) is 0 Å². The Morgan fingerprint density at radius 2 is 1.86 bits per heavy atom. The molecule has 1 rings (SSSR count). The van der Waals surface area contributed by atoms with Gasteiger partial charge in [-0.15, -0.1) is 0 Å². The van der Waals surface area contributed by atoms with Crippen LogP contribution in [0.1, 0.15) is 43.1 Å². The molecule has 0 fully saturated rings. The first-order chi connectivity index (χ1) is 9.99. The van der Waals surface area contributed by atoms with Gasteiger partial charge >= 0.3 is 5.97 Å². The third-order valence-corrected chi connectivity index (χ3v) is 4.31. The Morgan fingerprint density at radius 1 is 1.24 bits per heavy atom. The predicted molar refractivity (Wildman–Crippen MR) is 86.7 cm³/mol. The molecule has 5 heteroatoms. The van der Waals surface area contributed by atoms with E-state index in [0.717, 1.165) is 17.9 Å². The van der Waals surface area contributed by atoms with Crippen LogP contribution in [0.3, 0.4) is 0 Å². The second-order valence-corrected chi connectivity index (χ2v) is 6.19. The molecule has 116 valence electrons. The van der Waals surface area contributed by atoms with Crippen molar-refractivity contribution in [2.75, 3.05) is 12.3 Å². The number of carboxylic acids is 1. The molecule has 0 bridgehead atoms. The highest BCUT2D eigenvalue weighted by Gasteiger charge is 2.22. The lowest BCUT2D eigenvalue weighted by Crippen LogP contribution is -2.41. The molecule has 0 spiro atoms. The number of rotatable bonds is 8. The third kappa shape index (κ3) is 5.42. The molecule has 1 unspecified atom stereocenters. The summed E-state index contributed by atoms with van der Waals surface area (Å²) in [5.74, 6) is 0.775. The van der Waals surface area contributed by atoms with E-state index >= 15 is 0 Å². The topological polar surface area (TPSA) is 57.6 Å². The lowest BCUT2D eigenvalue weighted by Gasteiger charge is -2.27. The Bertz CT molecular complexity index is 473. The normalized spacial score (nSPS) is 12.0. The fourth-order valence-corrected chi connectivity index (χ4v) is 2.56.